The van der Waals surface area contributed by atoms with Crippen LogP contribution in [0.1, 0.15) is 50.5 Å². The van der Waals surface area contributed by atoms with E-state index >= 15 is 0 Å². The van der Waals surface area contributed by atoms with Crippen molar-refractivity contribution in [2.75, 3.05) is 44.2 Å². The molecule has 12 nitrogen and oxygen atoms in total. The molecule has 6 aliphatic rings. The zero-order valence-electron chi connectivity index (χ0n) is 24.7. The number of piperidine rings is 2. The topological polar surface area (TPSA) is 131 Å². The molecule has 13 heteroatoms. The Bertz CT molecular complexity index is 1670. The number of hydrogen-bond acceptors (Lipinski definition) is 9. The number of hydrogen-bond donors (Lipinski definition) is 1. The molecule has 6 aliphatic heterocycles. The number of aliphatic hydroxyl groups excluding tert-OH is 1. The Morgan fingerprint density at radius 2 is 1.77 bits per heavy atom. The second kappa shape index (κ2) is 11.0. The Morgan fingerprint density at radius 3 is 2.45 bits per heavy atom. The van der Waals surface area contributed by atoms with Crippen LogP contribution >= 0.6 is 0 Å². The highest BCUT2D eigenvalue weighted by Crippen LogP contribution is 2.39. The van der Waals surface area contributed by atoms with Crippen LogP contribution in [0.4, 0.5) is 5.82 Å². The van der Waals surface area contributed by atoms with Crippen LogP contribution in [0.5, 0.6) is 5.75 Å². The molecule has 6 saturated heterocycles. The first-order valence-electron chi connectivity index (χ1n) is 15.9. The first-order valence-corrected chi connectivity index (χ1v) is 17.3. The van der Waals surface area contributed by atoms with E-state index in [1.54, 1.807) is 19.3 Å². The molecular formula is C31H38N8O4S. The van der Waals surface area contributed by atoms with Crippen LogP contribution in [0.25, 0.3) is 16.6 Å². The number of pyridine rings is 2. The number of nitriles is 1. The summed E-state index contributed by atoms with van der Waals surface area (Å²) in [5.74, 6) is 1.49. The van der Waals surface area contributed by atoms with Gasteiger partial charge in [-0.05, 0) is 63.1 Å². The Labute approximate surface area is 257 Å². The van der Waals surface area contributed by atoms with E-state index in [2.05, 4.69) is 21.0 Å². The molecule has 5 atom stereocenters. The van der Waals surface area contributed by atoms with Crippen molar-refractivity contribution in [3.63, 3.8) is 0 Å². The average molecular weight is 619 g/mol. The lowest BCUT2D eigenvalue weighted by atomic mass is 9.91. The van der Waals surface area contributed by atoms with Crippen molar-refractivity contribution in [2.45, 2.75) is 75.2 Å². The molecule has 0 aromatic carbocycles. The van der Waals surface area contributed by atoms with Crippen molar-refractivity contribution in [3.8, 4) is 22.9 Å². The molecule has 4 bridgehead atoms. The third-order valence-electron chi connectivity index (χ3n) is 10.4. The largest absolute Gasteiger partial charge is 0.491 e. The van der Waals surface area contributed by atoms with E-state index in [0.717, 1.165) is 68.4 Å². The second-order valence-corrected chi connectivity index (χ2v) is 14.8. The van der Waals surface area contributed by atoms with Gasteiger partial charge in [0.1, 0.15) is 24.2 Å². The lowest BCUT2D eigenvalue weighted by molar-refractivity contribution is 0.0287. The average Bonchev–Trinajstić information content (AvgIpc) is 3.76. The van der Waals surface area contributed by atoms with Crippen LogP contribution in [-0.2, 0) is 10.2 Å². The van der Waals surface area contributed by atoms with Crippen LogP contribution in [0, 0.1) is 11.3 Å². The van der Waals surface area contributed by atoms with Crippen molar-refractivity contribution in [3.05, 3.63) is 42.4 Å². The first-order chi connectivity index (χ1) is 21.4. The summed E-state index contributed by atoms with van der Waals surface area (Å²) in [7, 11) is -3.39. The first kappa shape index (κ1) is 28.2. The maximum absolute atomic E-state index is 13.2. The highest BCUT2D eigenvalue weighted by molar-refractivity contribution is 7.86. The lowest BCUT2D eigenvalue weighted by Crippen LogP contribution is -2.71. The molecule has 3 aromatic rings. The Balaban J connectivity index is 0.985. The fourth-order valence-electron chi connectivity index (χ4n) is 8.28. The Kier molecular flexibility index (Phi) is 7.03. The monoisotopic (exact) mass is 618 g/mol. The number of fused-ring (bicyclic) bond motifs is 5. The molecule has 6 fully saturated rings. The number of piperazine rings is 1. The van der Waals surface area contributed by atoms with Crippen LogP contribution in [0.3, 0.4) is 0 Å². The summed E-state index contributed by atoms with van der Waals surface area (Å²) in [6, 6.07) is 9.02. The van der Waals surface area contributed by atoms with Gasteiger partial charge >= 0.3 is 0 Å². The van der Waals surface area contributed by atoms with Gasteiger partial charge in [0.15, 0.2) is 0 Å². The number of anilines is 1. The summed E-state index contributed by atoms with van der Waals surface area (Å²) >= 11 is 0. The molecular weight excluding hydrogens is 580 g/mol. The molecule has 0 radical (unpaired) electrons. The van der Waals surface area contributed by atoms with Crippen molar-refractivity contribution in [2.24, 2.45) is 0 Å². The summed E-state index contributed by atoms with van der Waals surface area (Å²) in [6.07, 6.45) is 11.8. The van der Waals surface area contributed by atoms with E-state index < -0.39 is 10.2 Å². The van der Waals surface area contributed by atoms with E-state index in [9.17, 15) is 18.8 Å². The predicted octanol–water partition coefficient (Wildman–Crippen LogP) is 2.24. The summed E-state index contributed by atoms with van der Waals surface area (Å²) in [4.78, 5) is 9.46. The highest BCUT2D eigenvalue weighted by Gasteiger charge is 2.53. The van der Waals surface area contributed by atoms with Gasteiger partial charge in [-0.2, -0.15) is 27.4 Å². The molecule has 3 aromatic heterocycles. The fourth-order valence-corrected chi connectivity index (χ4v) is 10.3. The molecule has 0 amide bonds. The van der Waals surface area contributed by atoms with Crippen molar-refractivity contribution in [1.82, 2.24) is 28.1 Å². The zero-order valence-corrected chi connectivity index (χ0v) is 25.5. The van der Waals surface area contributed by atoms with Crippen molar-refractivity contribution < 1.29 is 18.3 Å². The molecule has 9 heterocycles. The van der Waals surface area contributed by atoms with Crippen LogP contribution in [0.15, 0.2) is 36.8 Å². The summed E-state index contributed by atoms with van der Waals surface area (Å²) in [5, 5.41) is 24.3. The Hall–Kier alpha value is -3.28. The minimum absolute atomic E-state index is 0.0236. The third kappa shape index (κ3) is 4.75. The predicted molar refractivity (Wildman–Crippen MR) is 163 cm³/mol. The van der Waals surface area contributed by atoms with Gasteiger partial charge in [-0.1, -0.05) is 0 Å². The van der Waals surface area contributed by atoms with Crippen molar-refractivity contribution in [1.29, 1.82) is 5.26 Å². The normalized spacial score (nSPS) is 29.2. The SMILES string of the molecule is N#Cc1cnn2cc(OCCN3[C@@H]4CC[C@H]3CC(O)C4)cc(-c3ccc(N4CC5CC(C4)N5S(=O)(=O)N4CCCC4)nc3)c12. The van der Waals surface area contributed by atoms with Crippen LogP contribution in [-0.4, -0.2) is 111 Å². The van der Waals surface area contributed by atoms with Gasteiger partial charge in [-0.25, -0.2) is 9.50 Å². The van der Waals surface area contributed by atoms with Gasteiger partial charge in [0.25, 0.3) is 10.2 Å². The van der Waals surface area contributed by atoms with Gasteiger partial charge in [0.05, 0.1) is 29.6 Å². The lowest BCUT2D eigenvalue weighted by Gasteiger charge is -2.55. The van der Waals surface area contributed by atoms with E-state index in [1.807, 2.05) is 30.6 Å². The molecule has 44 heavy (non-hydrogen) atoms. The van der Waals surface area contributed by atoms with E-state index in [4.69, 9.17) is 9.72 Å². The van der Waals surface area contributed by atoms with E-state index in [1.165, 1.54) is 0 Å². The number of nitrogens with zero attached hydrogens (tertiary/aromatic N) is 8. The number of aliphatic hydroxyl groups is 1. The molecule has 9 rings (SSSR count). The number of rotatable bonds is 8. The zero-order chi connectivity index (χ0) is 30.0. The van der Waals surface area contributed by atoms with Crippen molar-refractivity contribution >= 4 is 21.5 Å². The van der Waals surface area contributed by atoms with E-state index in [0.29, 0.717) is 61.7 Å². The van der Waals surface area contributed by atoms with Crippen LogP contribution in [0.2, 0.25) is 0 Å². The van der Waals surface area contributed by atoms with Gasteiger partial charge < -0.3 is 14.7 Å². The molecule has 232 valence electrons. The highest BCUT2D eigenvalue weighted by atomic mass is 32.2. The maximum atomic E-state index is 13.2. The minimum Gasteiger partial charge on any atom is -0.491 e. The van der Waals surface area contributed by atoms with Gasteiger partial charge in [-0.15, -0.1) is 0 Å². The smallest absolute Gasteiger partial charge is 0.282 e. The fraction of sp³-hybridized carbons (Fsp3) is 0.581. The molecule has 1 N–H and O–H groups in total. The summed E-state index contributed by atoms with van der Waals surface area (Å²) < 4.78 is 37.7. The van der Waals surface area contributed by atoms with Gasteiger partial charge in [-0.3, -0.25) is 4.90 Å². The summed E-state index contributed by atoms with van der Waals surface area (Å²) in [5.41, 5.74) is 2.86. The minimum atomic E-state index is -3.39. The van der Waals surface area contributed by atoms with Gasteiger partial charge in [0.2, 0.25) is 0 Å². The standard InChI is InChI=1S/C31H38N8O4S/c32-15-22-17-34-38-20-28(43-10-9-37-23-4-5-24(37)13-27(40)12-23)14-29(31(22)38)21-3-6-30(33-16-21)35-18-25-11-26(19-35)39(25)44(41,42)36-7-1-2-8-36/h3,6,14,16-17,20,23-27,40H,1-2,4-5,7-13,18-19H2/t23-,24+,25?,26?,27?. The quantitative estimate of drug-likeness (QED) is 0.404. The molecule has 0 aliphatic carbocycles. The maximum Gasteiger partial charge on any atom is 0.282 e. The molecule has 0 saturated carbocycles. The second-order valence-electron chi connectivity index (χ2n) is 12.9. The molecule has 0 spiro atoms. The van der Waals surface area contributed by atoms with Crippen LogP contribution < -0.4 is 9.64 Å². The molecule has 3 unspecified atom stereocenters. The summed E-state index contributed by atoms with van der Waals surface area (Å²) in [6.45, 7) is 3.84. The number of ether oxygens (including phenoxy) is 1. The number of aromatic nitrogens is 3. The van der Waals surface area contributed by atoms with E-state index in [-0.39, 0.29) is 18.2 Å². The Morgan fingerprint density at radius 1 is 1.02 bits per heavy atom. The van der Waals surface area contributed by atoms with Gasteiger partial charge in [0, 0.05) is 74.2 Å². The third-order valence-corrected chi connectivity index (χ3v) is 12.5.